The molecular weight excluding hydrogens is 362 g/mol. The van der Waals surface area contributed by atoms with Gasteiger partial charge < -0.3 is 14.8 Å². The lowest BCUT2D eigenvalue weighted by molar-refractivity contribution is -0.147. The number of nitrogens with one attached hydrogen (secondary N) is 1. The van der Waals surface area contributed by atoms with E-state index in [0.717, 1.165) is 4.47 Å². The summed E-state index contributed by atoms with van der Waals surface area (Å²) in [6.45, 7) is -0.125. The lowest BCUT2D eigenvalue weighted by atomic mass is 10.3. The van der Waals surface area contributed by atoms with Crippen molar-refractivity contribution in [3.05, 3.63) is 59.1 Å². The topological polar surface area (TPSA) is 64.6 Å². The number of rotatable bonds is 7. The van der Waals surface area contributed by atoms with Crippen molar-refractivity contribution in [2.45, 2.75) is 6.42 Å². The summed E-state index contributed by atoms with van der Waals surface area (Å²) in [6, 6.07) is 16.3. The monoisotopic (exact) mass is 377 g/mol. The van der Waals surface area contributed by atoms with Gasteiger partial charge in [0, 0.05) is 10.2 Å². The van der Waals surface area contributed by atoms with Gasteiger partial charge >= 0.3 is 5.97 Å². The van der Waals surface area contributed by atoms with Crippen LogP contribution in [-0.4, -0.2) is 25.1 Å². The van der Waals surface area contributed by atoms with Crippen molar-refractivity contribution in [2.75, 3.05) is 18.5 Å². The Hall–Kier alpha value is -2.34. The molecule has 6 heteroatoms. The molecule has 0 fully saturated rings. The molecule has 0 aliphatic heterocycles. The lowest BCUT2D eigenvalue weighted by Crippen LogP contribution is -2.21. The van der Waals surface area contributed by atoms with Crippen molar-refractivity contribution < 1.29 is 19.1 Å². The Morgan fingerprint density at radius 2 is 1.83 bits per heavy atom. The van der Waals surface area contributed by atoms with Crippen molar-refractivity contribution in [1.82, 2.24) is 0 Å². The van der Waals surface area contributed by atoms with E-state index in [1.54, 1.807) is 36.4 Å². The predicted octanol–water partition coefficient (Wildman–Crippen LogP) is 3.40. The third-order valence-corrected chi connectivity index (χ3v) is 3.29. The fourth-order valence-electron chi connectivity index (χ4n) is 1.75. The van der Waals surface area contributed by atoms with E-state index in [4.69, 9.17) is 9.47 Å². The Balaban J connectivity index is 1.64. The summed E-state index contributed by atoms with van der Waals surface area (Å²) in [5, 5.41) is 2.63. The van der Waals surface area contributed by atoms with Crippen molar-refractivity contribution in [1.29, 1.82) is 0 Å². The van der Waals surface area contributed by atoms with Gasteiger partial charge in [-0.25, -0.2) is 0 Å². The Labute approximate surface area is 142 Å². The van der Waals surface area contributed by atoms with Crippen LogP contribution in [0.3, 0.4) is 0 Å². The standard InChI is InChI=1S/C17H16BrNO4/c18-13-5-4-8-15(11-13)22-10-9-17(21)23-12-16(20)19-14-6-2-1-3-7-14/h1-8,11H,9-10,12H2,(H,19,20). The van der Waals surface area contributed by atoms with Gasteiger partial charge in [0.15, 0.2) is 6.61 Å². The number of para-hydroxylation sites is 1. The first kappa shape index (κ1) is 17.0. The molecule has 0 aromatic heterocycles. The van der Waals surface area contributed by atoms with E-state index in [1.165, 1.54) is 0 Å². The van der Waals surface area contributed by atoms with Crippen LogP contribution in [0.4, 0.5) is 5.69 Å². The molecule has 0 spiro atoms. The smallest absolute Gasteiger partial charge is 0.309 e. The maximum absolute atomic E-state index is 11.6. The SMILES string of the molecule is O=C(COC(=O)CCOc1cccc(Br)c1)Nc1ccccc1. The fraction of sp³-hybridized carbons (Fsp3) is 0.176. The molecule has 0 saturated heterocycles. The molecule has 0 saturated carbocycles. The van der Waals surface area contributed by atoms with Crippen LogP contribution >= 0.6 is 15.9 Å². The first-order valence-electron chi connectivity index (χ1n) is 7.02. The van der Waals surface area contributed by atoms with Gasteiger partial charge in [0.1, 0.15) is 5.75 Å². The summed E-state index contributed by atoms with van der Waals surface area (Å²) < 4.78 is 11.2. The minimum atomic E-state index is -0.483. The molecule has 2 aromatic carbocycles. The van der Waals surface area contributed by atoms with Crippen LogP contribution in [0.15, 0.2) is 59.1 Å². The van der Waals surface area contributed by atoms with Gasteiger partial charge in [0.05, 0.1) is 13.0 Å². The van der Waals surface area contributed by atoms with E-state index >= 15 is 0 Å². The zero-order chi connectivity index (χ0) is 16.5. The molecule has 0 atom stereocenters. The van der Waals surface area contributed by atoms with Crippen LogP contribution in [0.1, 0.15) is 6.42 Å². The quantitative estimate of drug-likeness (QED) is 0.751. The van der Waals surface area contributed by atoms with E-state index in [2.05, 4.69) is 21.2 Å². The second kappa shape index (κ2) is 8.95. The minimum Gasteiger partial charge on any atom is -0.493 e. The van der Waals surface area contributed by atoms with E-state index in [1.807, 2.05) is 18.2 Å². The molecule has 0 aliphatic rings. The highest BCUT2D eigenvalue weighted by atomic mass is 79.9. The number of halogens is 1. The number of hydrogen-bond donors (Lipinski definition) is 1. The molecule has 23 heavy (non-hydrogen) atoms. The van der Waals surface area contributed by atoms with Crippen LogP contribution in [-0.2, 0) is 14.3 Å². The molecule has 0 unspecified atom stereocenters. The third kappa shape index (κ3) is 6.52. The first-order chi connectivity index (χ1) is 11.1. The Morgan fingerprint density at radius 3 is 2.57 bits per heavy atom. The average Bonchev–Trinajstić information content (AvgIpc) is 2.54. The molecule has 1 N–H and O–H groups in total. The zero-order valence-electron chi connectivity index (χ0n) is 12.3. The molecule has 120 valence electrons. The number of benzene rings is 2. The van der Waals surface area contributed by atoms with Crippen molar-refractivity contribution in [3.63, 3.8) is 0 Å². The van der Waals surface area contributed by atoms with Crippen LogP contribution in [0.2, 0.25) is 0 Å². The summed E-state index contributed by atoms with van der Waals surface area (Å²) in [7, 11) is 0. The van der Waals surface area contributed by atoms with Gasteiger partial charge in [-0.2, -0.15) is 0 Å². The van der Waals surface area contributed by atoms with E-state index in [-0.39, 0.29) is 25.5 Å². The number of esters is 1. The Morgan fingerprint density at radius 1 is 1.04 bits per heavy atom. The second-order valence-corrected chi connectivity index (χ2v) is 5.55. The van der Waals surface area contributed by atoms with Crippen molar-refractivity contribution in [2.24, 2.45) is 0 Å². The van der Waals surface area contributed by atoms with Gasteiger partial charge in [-0.05, 0) is 30.3 Å². The maximum atomic E-state index is 11.6. The molecule has 0 bridgehead atoms. The van der Waals surface area contributed by atoms with Gasteiger partial charge in [0.25, 0.3) is 5.91 Å². The summed E-state index contributed by atoms with van der Waals surface area (Å²) in [5.74, 6) is -0.199. The predicted molar refractivity (Wildman–Crippen MR) is 90.3 cm³/mol. The fourth-order valence-corrected chi connectivity index (χ4v) is 2.12. The Bertz CT molecular complexity index is 661. The highest BCUT2D eigenvalue weighted by Gasteiger charge is 2.08. The summed E-state index contributed by atoms with van der Waals surface area (Å²) >= 11 is 3.33. The highest BCUT2D eigenvalue weighted by molar-refractivity contribution is 9.10. The number of carbonyl (C=O) groups excluding carboxylic acids is 2. The highest BCUT2D eigenvalue weighted by Crippen LogP contribution is 2.17. The van der Waals surface area contributed by atoms with Gasteiger partial charge in [-0.3, -0.25) is 9.59 Å². The minimum absolute atomic E-state index is 0.0745. The number of carbonyl (C=O) groups is 2. The maximum Gasteiger partial charge on any atom is 0.309 e. The molecule has 0 aliphatic carbocycles. The zero-order valence-corrected chi connectivity index (χ0v) is 13.9. The lowest BCUT2D eigenvalue weighted by Gasteiger charge is -2.08. The van der Waals surface area contributed by atoms with Crippen LogP contribution in [0.5, 0.6) is 5.75 Å². The van der Waals surface area contributed by atoms with Crippen molar-refractivity contribution in [3.8, 4) is 5.75 Å². The average molecular weight is 378 g/mol. The van der Waals surface area contributed by atoms with Crippen molar-refractivity contribution >= 4 is 33.5 Å². The second-order valence-electron chi connectivity index (χ2n) is 4.63. The summed E-state index contributed by atoms with van der Waals surface area (Å²) in [6.07, 6.45) is 0.0745. The molecule has 5 nitrogen and oxygen atoms in total. The van der Waals surface area contributed by atoms with E-state index in [0.29, 0.717) is 11.4 Å². The molecule has 0 radical (unpaired) electrons. The number of amides is 1. The van der Waals surface area contributed by atoms with Gasteiger partial charge in [-0.1, -0.05) is 40.2 Å². The molecule has 1 amide bonds. The van der Waals surface area contributed by atoms with Crippen LogP contribution in [0.25, 0.3) is 0 Å². The summed E-state index contributed by atoms with van der Waals surface area (Å²) in [4.78, 5) is 23.2. The molecule has 2 aromatic rings. The largest absolute Gasteiger partial charge is 0.493 e. The molecular formula is C17H16BrNO4. The van der Waals surface area contributed by atoms with Crippen LogP contribution < -0.4 is 10.1 Å². The molecule has 2 rings (SSSR count). The molecule has 0 heterocycles. The number of anilines is 1. The van der Waals surface area contributed by atoms with Gasteiger partial charge in [0.2, 0.25) is 0 Å². The van der Waals surface area contributed by atoms with Crippen LogP contribution in [0, 0.1) is 0 Å². The first-order valence-corrected chi connectivity index (χ1v) is 7.81. The normalized spacial score (nSPS) is 9.96. The van der Waals surface area contributed by atoms with Gasteiger partial charge in [-0.15, -0.1) is 0 Å². The number of hydrogen-bond acceptors (Lipinski definition) is 4. The van der Waals surface area contributed by atoms with E-state index in [9.17, 15) is 9.59 Å². The third-order valence-electron chi connectivity index (χ3n) is 2.79. The Kier molecular flexibility index (Phi) is 6.62. The summed E-state index contributed by atoms with van der Waals surface area (Å²) in [5.41, 5.74) is 0.659. The van der Waals surface area contributed by atoms with E-state index < -0.39 is 5.97 Å². The number of ether oxygens (including phenoxy) is 2.